The average Bonchev–Trinajstić information content (AvgIpc) is 3.15. The Morgan fingerprint density at radius 2 is 2.17 bits per heavy atom. The first-order valence-corrected chi connectivity index (χ1v) is 7.81. The quantitative estimate of drug-likeness (QED) is 0.750. The Morgan fingerprint density at radius 3 is 2.96 bits per heavy atom. The number of nitrogens with one attached hydrogen (secondary N) is 2. The standard InChI is InChI=1S/C17H15ClN4O/c1-10-8-14-15(16-19-6-7-22(10)16)13(9-20-14)17(23)21-12-4-2-11(18)3-5-12/h2-7,9-10,20H,8H2,1H3,(H,21,23). The van der Waals surface area contributed by atoms with E-state index in [2.05, 4.69) is 26.8 Å². The first-order chi connectivity index (χ1) is 11.1. The Morgan fingerprint density at radius 1 is 1.39 bits per heavy atom. The van der Waals surface area contributed by atoms with Gasteiger partial charge in [-0.25, -0.2) is 4.98 Å². The summed E-state index contributed by atoms with van der Waals surface area (Å²) in [5.74, 6) is 0.676. The van der Waals surface area contributed by atoms with Gasteiger partial charge in [0, 0.05) is 47.5 Å². The van der Waals surface area contributed by atoms with Crippen molar-refractivity contribution in [2.24, 2.45) is 0 Å². The van der Waals surface area contributed by atoms with Gasteiger partial charge in [-0.3, -0.25) is 4.79 Å². The van der Waals surface area contributed by atoms with Crippen LogP contribution in [-0.2, 0) is 6.42 Å². The second-order valence-corrected chi connectivity index (χ2v) is 6.16. The molecule has 1 aliphatic rings. The van der Waals surface area contributed by atoms with E-state index < -0.39 is 0 Å². The maximum atomic E-state index is 12.6. The molecule has 0 bridgehead atoms. The van der Waals surface area contributed by atoms with Crippen molar-refractivity contribution < 1.29 is 4.79 Å². The van der Waals surface area contributed by atoms with Gasteiger partial charge >= 0.3 is 0 Å². The highest BCUT2D eigenvalue weighted by Crippen LogP contribution is 2.35. The number of fused-ring (bicyclic) bond motifs is 3. The molecule has 2 N–H and O–H groups in total. The summed E-state index contributed by atoms with van der Waals surface area (Å²) in [4.78, 5) is 20.3. The van der Waals surface area contributed by atoms with Crippen LogP contribution in [0, 0.1) is 0 Å². The molecule has 1 amide bonds. The number of aromatic amines is 1. The summed E-state index contributed by atoms with van der Waals surface area (Å²) in [6.45, 7) is 2.14. The van der Waals surface area contributed by atoms with Crippen LogP contribution in [0.1, 0.15) is 29.0 Å². The van der Waals surface area contributed by atoms with Crippen LogP contribution < -0.4 is 5.32 Å². The van der Waals surface area contributed by atoms with Crippen molar-refractivity contribution in [2.45, 2.75) is 19.4 Å². The van der Waals surface area contributed by atoms with Gasteiger partial charge in [-0.2, -0.15) is 0 Å². The van der Waals surface area contributed by atoms with Crippen LogP contribution in [0.25, 0.3) is 11.4 Å². The van der Waals surface area contributed by atoms with Gasteiger partial charge in [-0.15, -0.1) is 0 Å². The number of halogens is 1. The highest BCUT2D eigenvalue weighted by Gasteiger charge is 2.28. The van der Waals surface area contributed by atoms with Crippen LogP contribution in [-0.4, -0.2) is 20.4 Å². The lowest BCUT2D eigenvalue weighted by molar-refractivity contribution is 0.102. The summed E-state index contributed by atoms with van der Waals surface area (Å²) in [5, 5.41) is 3.54. The smallest absolute Gasteiger partial charge is 0.257 e. The normalized spacial score (nSPS) is 15.8. The molecule has 5 nitrogen and oxygen atoms in total. The minimum absolute atomic E-state index is 0.158. The van der Waals surface area contributed by atoms with Crippen molar-refractivity contribution in [3.05, 3.63) is 59.1 Å². The molecule has 2 aromatic heterocycles. The highest BCUT2D eigenvalue weighted by atomic mass is 35.5. The Hall–Kier alpha value is -2.53. The molecule has 1 unspecified atom stereocenters. The number of hydrogen-bond acceptors (Lipinski definition) is 2. The maximum absolute atomic E-state index is 12.6. The van der Waals surface area contributed by atoms with Gasteiger partial charge in [0.1, 0.15) is 5.82 Å². The van der Waals surface area contributed by atoms with Gasteiger partial charge in [0.15, 0.2) is 0 Å². The van der Waals surface area contributed by atoms with Crippen molar-refractivity contribution in [1.29, 1.82) is 0 Å². The monoisotopic (exact) mass is 326 g/mol. The molecule has 3 aromatic rings. The minimum atomic E-state index is -0.158. The van der Waals surface area contributed by atoms with Gasteiger partial charge in [-0.05, 0) is 31.2 Å². The zero-order valence-electron chi connectivity index (χ0n) is 12.5. The molecule has 0 radical (unpaired) electrons. The van der Waals surface area contributed by atoms with E-state index in [1.165, 1.54) is 0 Å². The molecule has 6 heteroatoms. The van der Waals surface area contributed by atoms with Crippen LogP contribution in [0.15, 0.2) is 42.9 Å². The summed E-state index contributed by atoms with van der Waals surface area (Å²) in [5.41, 5.74) is 3.26. The zero-order valence-corrected chi connectivity index (χ0v) is 13.3. The molecule has 0 fully saturated rings. The summed E-state index contributed by atoms with van der Waals surface area (Å²) in [6, 6.07) is 7.38. The van der Waals surface area contributed by atoms with Crippen LogP contribution in [0.5, 0.6) is 0 Å². The van der Waals surface area contributed by atoms with Gasteiger partial charge in [0.25, 0.3) is 5.91 Å². The van der Waals surface area contributed by atoms with Crippen molar-refractivity contribution in [3.63, 3.8) is 0 Å². The number of amides is 1. The number of nitrogens with zero attached hydrogens (tertiary/aromatic N) is 2. The van der Waals surface area contributed by atoms with Gasteiger partial charge in [0.05, 0.1) is 11.1 Å². The lowest BCUT2D eigenvalue weighted by Gasteiger charge is -2.22. The topological polar surface area (TPSA) is 62.7 Å². The van der Waals surface area contributed by atoms with E-state index >= 15 is 0 Å². The fraction of sp³-hybridized carbons (Fsp3) is 0.176. The second-order valence-electron chi connectivity index (χ2n) is 5.73. The molecular weight excluding hydrogens is 312 g/mol. The van der Waals surface area contributed by atoms with Crippen molar-refractivity contribution in [1.82, 2.24) is 14.5 Å². The SMILES string of the molecule is CC1Cc2[nH]cc(C(=O)Nc3ccc(Cl)cc3)c2-c2nccn21. The minimum Gasteiger partial charge on any atom is -0.364 e. The molecule has 0 saturated carbocycles. The number of hydrogen-bond donors (Lipinski definition) is 2. The summed E-state index contributed by atoms with van der Waals surface area (Å²) < 4.78 is 2.11. The Balaban J connectivity index is 1.70. The first-order valence-electron chi connectivity index (χ1n) is 7.44. The Bertz CT molecular complexity index is 878. The number of imidazole rings is 1. The third-order valence-electron chi connectivity index (χ3n) is 4.18. The Kier molecular flexibility index (Phi) is 3.23. The molecule has 116 valence electrons. The summed E-state index contributed by atoms with van der Waals surface area (Å²) in [6.07, 6.45) is 6.34. The third-order valence-corrected chi connectivity index (χ3v) is 4.43. The number of aromatic nitrogens is 3. The van der Waals surface area contributed by atoms with Gasteiger partial charge in [0.2, 0.25) is 0 Å². The number of rotatable bonds is 2. The van der Waals surface area contributed by atoms with Crippen LogP contribution in [0.3, 0.4) is 0 Å². The fourth-order valence-electron chi connectivity index (χ4n) is 3.05. The predicted octanol–water partition coefficient (Wildman–Crippen LogP) is 3.90. The second kappa shape index (κ2) is 5.28. The van der Waals surface area contributed by atoms with Gasteiger partial charge in [-0.1, -0.05) is 11.6 Å². The Labute approximate surface area is 138 Å². The maximum Gasteiger partial charge on any atom is 0.257 e. The van der Waals surface area contributed by atoms with E-state index in [0.29, 0.717) is 22.3 Å². The summed E-state index contributed by atoms with van der Waals surface area (Å²) in [7, 11) is 0. The number of H-pyrrole nitrogens is 1. The van der Waals surface area contributed by atoms with Crippen molar-refractivity contribution in [2.75, 3.05) is 5.32 Å². The van der Waals surface area contributed by atoms with Crippen LogP contribution in [0.2, 0.25) is 5.02 Å². The van der Waals surface area contributed by atoms with E-state index in [0.717, 1.165) is 23.5 Å². The first kappa shape index (κ1) is 14.1. The largest absolute Gasteiger partial charge is 0.364 e. The summed E-state index contributed by atoms with van der Waals surface area (Å²) >= 11 is 5.87. The number of anilines is 1. The third kappa shape index (κ3) is 2.33. The van der Waals surface area contributed by atoms with E-state index in [1.54, 1.807) is 36.7 Å². The van der Waals surface area contributed by atoms with E-state index in [1.807, 2.05) is 6.20 Å². The van der Waals surface area contributed by atoms with E-state index in [-0.39, 0.29) is 5.91 Å². The molecule has 1 aliphatic heterocycles. The molecular formula is C17H15ClN4O. The highest BCUT2D eigenvalue weighted by molar-refractivity contribution is 6.30. The van der Waals surface area contributed by atoms with Crippen LogP contribution >= 0.6 is 11.6 Å². The molecule has 1 aromatic carbocycles. The van der Waals surface area contributed by atoms with Crippen molar-refractivity contribution in [3.8, 4) is 11.4 Å². The predicted molar refractivity (Wildman–Crippen MR) is 89.8 cm³/mol. The number of carbonyl (C=O) groups excluding carboxylic acids is 1. The lowest BCUT2D eigenvalue weighted by atomic mass is 10.0. The fourth-order valence-corrected chi connectivity index (χ4v) is 3.18. The van der Waals surface area contributed by atoms with Gasteiger partial charge < -0.3 is 14.9 Å². The van der Waals surface area contributed by atoms with Crippen molar-refractivity contribution >= 4 is 23.2 Å². The molecule has 4 rings (SSSR count). The van der Waals surface area contributed by atoms with E-state index in [4.69, 9.17) is 11.6 Å². The lowest BCUT2D eigenvalue weighted by Crippen LogP contribution is -2.18. The number of carbonyl (C=O) groups is 1. The molecule has 0 spiro atoms. The zero-order chi connectivity index (χ0) is 16.0. The van der Waals surface area contributed by atoms with E-state index in [9.17, 15) is 4.79 Å². The van der Waals surface area contributed by atoms with Crippen LogP contribution in [0.4, 0.5) is 5.69 Å². The number of benzene rings is 1. The molecule has 1 atom stereocenters. The molecule has 0 saturated heterocycles. The molecule has 23 heavy (non-hydrogen) atoms. The molecule has 0 aliphatic carbocycles. The molecule has 3 heterocycles. The average molecular weight is 327 g/mol.